The van der Waals surface area contributed by atoms with E-state index in [2.05, 4.69) is 44.0 Å². The Morgan fingerprint density at radius 1 is 1.21 bits per heavy atom. The van der Waals surface area contributed by atoms with Crippen LogP contribution in [-0.4, -0.2) is 45.1 Å². The van der Waals surface area contributed by atoms with Crippen LogP contribution in [0.4, 0.5) is 5.69 Å². The number of carbonyl (C=O) groups excluding carboxylic acids is 1. The van der Waals surface area contributed by atoms with Crippen molar-refractivity contribution in [1.29, 1.82) is 0 Å². The number of hydrogen-bond donors (Lipinski definition) is 3. The first-order valence-electron chi connectivity index (χ1n) is 7.73. The van der Waals surface area contributed by atoms with Gasteiger partial charge >= 0.3 is 0 Å². The second kappa shape index (κ2) is 10.4. The molecule has 7 heteroatoms. The van der Waals surface area contributed by atoms with Crippen molar-refractivity contribution in [2.24, 2.45) is 4.99 Å². The molecule has 0 aromatic heterocycles. The summed E-state index contributed by atoms with van der Waals surface area (Å²) in [7, 11) is 5.72. The smallest absolute Gasteiger partial charge is 0.239 e. The Kier molecular flexibility index (Phi) is 9.72. The van der Waals surface area contributed by atoms with Crippen LogP contribution < -0.4 is 20.9 Å². The highest BCUT2D eigenvalue weighted by Crippen LogP contribution is 2.12. The molecule has 0 spiro atoms. The molecule has 0 fully saturated rings. The molecule has 0 saturated carbocycles. The summed E-state index contributed by atoms with van der Waals surface area (Å²) in [6, 6.07) is 8.26. The number of anilines is 1. The number of halogens is 1. The third kappa shape index (κ3) is 8.95. The van der Waals surface area contributed by atoms with Gasteiger partial charge in [0.25, 0.3) is 0 Å². The number of aliphatic imine (C=N–C) groups is 1. The van der Waals surface area contributed by atoms with Gasteiger partial charge in [-0.05, 0) is 38.5 Å². The maximum atomic E-state index is 11.8. The lowest BCUT2D eigenvalue weighted by Gasteiger charge is -2.21. The highest BCUT2D eigenvalue weighted by molar-refractivity contribution is 14.0. The van der Waals surface area contributed by atoms with Crippen molar-refractivity contribution < 1.29 is 4.79 Å². The summed E-state index contributed by atoms with van der Waals surface area (Å²) in [5.41, 5.74) is 2.07. The van der Waals surface area contributed by atoms with Crippen molar-refractivity contribution in [3.05, 3.63) is 29.8 Å². The standard InChI is InChI=1S/C17H29N5O.HI/c1-17(2,3)21-15(23)12-20-16(18-4)19-11-13-8-7-9-14(10-13)22(5)6;/h7-10H,11-12H2,1-6H3,(H,21,23)(H2,18,19,20);1H. The molecule has 0 aliphatic heterocycles. The van der Waals surface area contributed by atoms with E-state index in [1.54, 1.807) is 7.05 Å². The van der Waals surface area contributed by atoms with E-state index in [0.29, 0.717) is 12.5 Å². The fourth-order valence-corrected chi connectivity index (χ4v) is 1.98. The van der Waals surface area contributed by atoms with Crippen LogP contribution in [0.2, 0.25) is 0 Å². The molecule has 0 bridgehead atoms. The molecule has 0 aliphatic carbocycles. The normalized spacial score (nSPS) is 11.3. The molecule has 24 heavy (non-hydrogen) atoms. The molecular weight excluding hydrogens is 417 g/mol. The summed E-state index contributed by atoms with van der Waals surface area (Å²) in [5, 5.41) is 9.13. The van der Waals surface area contributed by atoms with Gasteiger partial charge in [-0.3, -0.25) is 9.79 Å². The van der Waals surface area contributed by atoms with Crippen LogP contribution in [0.1, 0.15) is 26.3 Å². The van der Waals surface area contributed by atoms with Gasteiger partial charge in [0, 0.05) is 38.9 Å². The minimum absolute atomic E-state index is 0. The average molecular weight is 447 g/mol. The largest absolute Gasteiger partial charge is 0.378 e. The summed E-state index contributed by atoms with van der Waals surface area (Å²) >= 11 is 0. The number of benzene rings is 1. The fourth-order valence-electron chi connectivity index (χ4n) is 1.98. The Morgan fingerprint density at radius 2 is 1.88 bits per heavy atom. The van der Waals surface area contributed by atoms with Crippen LogP contribution in [0.3, 0.4) is 0 Å². The first-order chi connectivity index (χ1) is 10.7. The van der Waals surface area contributed by atoms with E-state index in [9.17, 15) is 4.79 Å². The Hall–Kier alpha value is -1.51. The summed E-state index contributed by atoms with van der Waals surface area (Å²) < 4.78 is 0. The summed E-state index contributed by atoms with van der Waals surface area (Å²) in [5.74, 6) is 0.541. The molecule has 136 valence electrons. The van der Waals surface area contributed by atoms with E-state index in [-0.39, 0.29) is 42.0 Å². The van der Waals surface area contributed by atoms with Crippen LogP contribution in [0.5, 0.6) is 0 Å². The topological polar surface area (TPSA) is 68.8 Å². The van der Waals surface area contributed by atoms with Gasteiger partial charge in [0.15, 0.2) is 5.96 Å². The Balaban J connectivity index is 0.00000529. The molecule has 0 radical (unpaired) electrons. The molecule has 0 heterocycles. The van der Waals surface area contributed by atoms with Crippen LogP contribution >= 0.6 is 24.0 Å². The molecule has 1 aromatic carbocycles. The van der Waals surface area contributed by atoms with Crippen LogP contribution in [-0.2, 0) is 11.3 Å². The zero-order valence-electron chi connectivity index (χ0n) is 15.4. The Bertz CT molecular complexity index is 552. The van der Waals surface area contributed by atoms with Gasteiger partial charge in [0.05, 0.1) is 6.54 Å². The number of amides is 1. The van der Waals surface area contributed by atoms with Crippen LogP contribution in [0, 0.1) is 0 Å². The van der Waals surface area contributed by atoms with E-state index in [0.717, 1.165) is 11.3 Å². The number of rotatable bonds is 5. The third-order valence-corrected chi connectivity index (χ3v) is 3.04. The predicted octanol–water partition coefficient (Wildman–Crippen LogP) is 1.95. The molecule has 1 rings (SSSR count). The first kappa shape index (κ1) is 22.5. The van der Waals surface area contributed by atoms with E-state index >= 15 is 0 Å². The Morgan fingerprint density at radius 3 is 2.42 bits per heavy atom. The van der Waals surface area contributed by atoms with E-state index in [1.807, 2.05) is 40.9 Å². The zero-order chi connectivity index (χ0) is 17.5. The monoisotopic (exact) mass is 447 g/mol. The SMILES string of the molecule is CN=C(NCC(=O)NC(C)(C)C)NCc1cccc(N(C)C)c1.I. The molecule has 6 nitrogen and oxygen atoms in total. The van der Waals surface area contributed by atoms with Gasteiger partial charge in [0.2, 0.25) is 5.91 Å². The predicted molar refractivity (Wildman–Crippen MR) is 112 cm³/mol. The summed E-state index contributed by atoms with van der Waals surface area (Å²) in [4.78, 5) is 18.0. The highest BCUT2D eigenvalue weighted by atomic mass is 127. The number of guanidine groups is 1. The van der Waals surface area contributed by atoms with E-state index in [1.165, 1.54) is 0 Å². The van der Waals surface area contributed by atoms with Crippen molar-refractivity contribution in [3.63, 3.8) is 0 Å². The van der Waals surface area contributed by atoms with Crippen molar-refractivity contribution in [2.45, 2.75) is 32.9 Å². The molecule has 1 amide bonds. The number of nitrogens with zero attached hydrogens (tertiary/aromatic N) is 2. The maximum Gasteiger partial charge on any atom is 0.239 e. The molecule has 0 atom stereocenters. The van der Waals surface area contributed by atoms with Gasteiger partial charge in [-0.15, -0.1) is 24.0 Å². The molecular formula is C17H30IN5O. The average Bonchev–Trinajstić information content (AvgIpc) is 2.46. The summed E-state index contributed by atoms with van der Waals surface area (Å²) in [6.07, 6.45) is 0. The first-order valence-corrected chi connectivity index (χ1v) is 7.73. The molecule has 1 aromatic rings. The van der Waals surface area contributed by atoms with Crippen molar-refractivity contribution in [3.8, 4) is 0 Å². The van der Waals surface area contributed by atoms with Crippen molar-refractivity contribution in [2.75, 3.05) is 32.6 Å². The van der Waals surface area contributed by atoms with Crippen LogP contribution in [0.25, 0.3) is 0 Å². The minimum Gasteiger partial charge on any atom is -0.378 e. The van der Waals surface area contributed by atoms with Crippen LogP contribution in [0.15, 0.2) is 29.3 Å². The number of hydrogen-bond acceptors (Lipinski definition) is 3. The van der Waals surface area contributed by atoms with Gasteiger partial charge in [0.1, 0.15) is 0 Å². The van der Waals surface area contributed by atoms with E-state index < -0.39 is 0 Å². The lowest BCUT2D eigenvalue weighted by molar-refractivity contribution is -0.121. The lowest BCUT2D eigenvalue weighted by Crippen LogP contribution is -2.48. The Labute approximate surface area is 162 Å². The molecule has 0 aliphatic rings. The van der Waals surface area contributed by atoms with Crippen molar-refractivity contribution in [1.82, 2.24) is 16.0 Å². The summed E-state index contributed by atoms with van der Waals surface area (Å²) in [6.45, 7) is 6.69. The van der Waals surface area contributed by atoms with Gasteiger partial charge < -0.3 is 20.9 Å². The van der Waals surface area contributed by atoms with E-state index in [4.69, 9.17) is 0 Å². The molecule has 0 saturated heterocycles. The fraction of sp³-hybridized carbons (Fsp3) is 0.529. The van der Waals surface area contributed by atoms with Crippen molar-refractivity contribution >= 4 is 41.5 Å². The number of nitrogens with one attached hydrogen (secondary N) is 3. The van der Waals surface area contributed by atoms with Gasteiger partial charge in [-0.2, -0.15) is 0 Å². The second-order valence-corrected chi connectivity index (χ2v) is 6.64. The lowest BCUT2D eigenvalue weighted by atomic mass is 10.1. The maximum absolute atomic E-state index is 11.8. The number of carbonyl (C=O) groups is 1. The van der Waals surface area contributed by atoms with Gasteiger partial charge in [-0.25, -0.2) is 0 Å². The van der Waals surface area contributed by atoms with Gasteiger partial charge in [-0.1, -0.05) is 12.1 Å². The third-order valence-electron chi connectivity index (χ3n) is 3.04. The minimum atomic E-state index is -0.234. The quantitative estimate of drug-likeness (QED) is 0.367. The molecule has 3 N–H and O–H groups in total. The zero-order valence-corrected chi connectivity index (χ0v) is 17.8. The second-order valence-electron chi connectivity index (χ2n) is 6.64. The molecule has 0 unspecified atom stereocenters. The highest BCUT2D eigenvalue weighted by Gasteiger charge is 2.13.